The molecule has 0 saturated heterocycles. The van der Waals surface area contributed by atoms with E-state index in [1.165, 1.54) is 211 Å². The standard InChI is InChI=1S/C57H92N2/c1-7-13-19-21-22-23-24-25-26-27-28-29-35-41-55-54(40-34-20-14-8-2)56(52-44-48(36-30-15-9-3)42-49(45-52)37-31-16-10-4)59(58)57(55)53-46-50(38-32-17-11-5)43-51(47-53)39-33-18-12-6/h35,40-47,58H,7-34,36-39H2,1-6H3. The van der Waals surface area contributed by atoms with E-state index in [1.54, 1.807) is 0 Å². The van der Waals surface area contributed by atoms with Crippen LogP contribution < -0.4 is 0 Å². The van der Waals surface area contributed by atoms with Crippen LogP contribution in [0.5, 0.6) is 0 Å². The molecule has 0 fully saturated rings. The summed E-state index contributed by atoms with van der Waals surface area (Å²) >= 11 is 0. The van der Waals surface area contributed by atoms with E-state index in [-0.39, 0.29) is 0 Å². The summed E-state index contributed by atoms with van der Waals surface area (Å²) in [6.45, 7) is 13.8. The number of hydrogen-bond acceptors (Lipinski definition) is 0. The monoisotopic (exact) mass is 805 g/mol. The normalized spacial score (nSPS) is 14.0. The van der Waals surface area contributed by atoms with Crippen LogP contribution in [0.4, 0.5) is 0 Å². The first-order valence-corrected chi connectivity index (χ1v) is 25.8. The molecule has 0 spiro atoms. The Balaban J connectivity index is 2.09. The highest BCUT2D eigenvalue weighted by atomic mass is 15.3. The van der Waals surface area contributed by atoms with Crippen molar-refractivity contribution in [3.8, 4) is 0 Å². The number of rotatable bonds is 35. The van der Waals surface area contributed by atoms with Gasteiger partial charge in [0.25, 0.3) is 0 Å². The van der Waals surface area contributed by atoms with E-state index in [0.29, 0.717) is 0 Å². The van der Waals surface area contributed by atoms with Crippen molar-refractivity contribution < 1.29 is 4.68 Å². The molecule has 2 aromatic rings. The SMILES string of the molecule is CCCCCC=C1C(C=CCCCCCCCCCCCCC)=C(c2cc(CCCCC)cc(CCCCC)c2)[N+]([NH-])=C1c1cc(CCCCC)cc(CCCCC)c1. The third-order valence-electron chi connectivity index (χ3n) is 12.6. The summed E-state index contributed by atoms with van der Waals surface area (Å²) in [5.74, 6) is 10.2. The van der Waals surface area contributed by atoms with E-state index in [9.17, 15) is 5.84 Å². The van der Waals surface area contributed by atoms with Crippen LogP contribution in [0.2, 0.25) is 0 Å². The first kappa shape index (κ1) is 50.5. The van der Waals surface area contributed by atoms with Gasteiger partial charge in [-0.05, 0) is 124 Å². The molecule has 1 N–H and O–H groups in total. The average Bonchev–Trinajstić information content (AvgIpc) is 3.51. The van der Waals surface area contributed by atoms with Crippen molar-refractivity contribution in [2.45, 2.75) is 247 Å². The Hall–Kier alpha value is -2.87. The first-order chi connectivity index (χ1) is 29.0. The highest BCUT2D eigenvalue weighted by Crippen LogP contribution is 2.38. The molecule has 0 aromatic heterocycles. The molecule has 330 valence electrons. The van der Waals surface area contributed by atoms with Crippen molar-refractivity contribution in [1.82, 2.24) is 0 Å². The Bertz CT molecular complexity index is 1490. The Morgan fingerprint density at radius 1 is 0.407 bits per heavy atom. The van der Waals surface area contributed by atoms with Gasteiger partial charge in [0, 0.05) is 11.1 Å². The predicted octanol–water partition coefficient (Wildman–Crippen LogP) is 18.6. The van der Waals surface area contributed by atoms with Crippen molar-refractivity contribution >= 4 is 11.4 Å². The van der Waals surface area contributed by atoms with Crippen LogP contribution in [0.1, 0.15) is 255 Å². The molecule has 1 heterocycles. The van der Waals surface area contributed by atoms with Crippen molar-refractivity contribution in [3.63, 3.8) is 0 Å². The van der Waals surface area contributed by atoms with Crippen molar-refractivity contribution in [1.29, 1.82) is 0 Å². The van der Waals surface area contributed by atoms with Crippen LogP contribution in [-0.2, 0) is 25.7 Å². The lowest BCUT2D eigenvalue weighted by Gasteiger charge is -2.13. The average molecular weight is 805 g/mol. The molecule has 3 rings (SSSR count). The fourth-order valence-corrected chi connectivity index (χ4v) is 9.01. The van der Waals surface area contributed by atoms with Crippen molar-refractivity contribution in [3.05, 3.63) is 105 Å². The zero-order valence-corrected chi connectivity index (χ0v) is 39.8. The molecule has 0 amide bonds. The number of unbranched alkanes of at least 4 members (excludes halogenated alkanes) is 22. The van der Waals surface area contributed by atoms with Crippen LogP contribution in [0.25, 0.3) is 11.5 Å². The van der Waals surface area contributed by atoms with Gasteiger partial charge < -0.3 is 5.84 Å². The van der Waals surface area contributed by atoms with Gasteiger partial charge in [-0.3, -0.25) is 0 Å². The molecule has 2 aromatic carbocycles. The summed E-state index contributed by atoms with van der Waals surface area (Å²) in [5.41, 5.74) is 13.0. The van der Waals surface area contributed by atoms with Gasteiger partial charge in [-0.2, -0.15) is 0 Å². The summed E-state index contributed by atoms with van der Waals surface area (Å²) in [5, 5.41) is 0. The van der Waals surface area contributed by atoms with Gasteiger partial charge in [0.1, 0.15) is 0 Å². The lowest BCUT2D eigenvalue weighted by atomic mass is 9.90. The summed E-state index contributed by atoms with van der Waals surface area (Å²) < 4.78 is 1.88. The third-order valence-corrected chi connectivity index (χ3v) is 12.6. The summed E-state index contributed by atoms with van der Waals surface area (Å²) in [4.78, 5) is 0. The van der Waals surface area contributed by atoms with E-state index in [1.807, 2.05) is 4.68 Å². The van der Waals surface area contributed by atoms with E-state index in [4.69, 9.17) is 0 Å². The van der Waals surface area contributed by atoms with Gasteiger partial charge in [-0.15, -0.1) is 0 Å². The van der Waals surface area contributed by atoms with Gasteiger partial charge in [-0.1, -0.05) is 200 Å². The molecule has 2 nitrogen and oxygen atoms in total. The van der Waals surface area contributed by atoms with Gasteiger partial charge in [-0.25, -0.2) is 4.68 Å². The van der Waals surface area contributed by atoms with Gasteiger partial charge in [0.15, 0.2) is 0 Å². The lowest BCUT2D eigenvalue weighted by molar-refractivity contribution is -0.347. The van der Waals surface area contributed by atoms with Crippen LogP contribution in [0, 0.1) is 0 Å². The second-order valence-electron chi connectivity index (χ2n) is 18.2. The largest absolute Gasteiger partial charge is 0.448 e. The van der Waals surface area contributed by atoms with Crippen molar-refractivity contribution in [2.75, 3.05) is 0 Å². The summed E-state index contributed by atoms with van der Waals surface area (Å²) in [7, 11) is 0. The lowest BCUT2D eigenvalue weighted by Crippen LogP contribution is -2.13. The fraction of sp³-hybridized carbons (Fsp3) is 0.667. The highest BCUT2D eigenvalue weighted by molar-refractivity contribution is 6.17. The summed E-state index contributed by atoms with van der Waals surface area (Å²) in [6.07, 6.45) is 47.9. The Morgan fingerprint density at radius 3 is 1.20 bits per heavy atom. The molecule has 0 saturated carbocycles. The van der Waals surface area contributed by atoms with E-state index in [0.717, 1.165) is 49.9 Å². The Morgan fingerprint density at radius 2 is 0.763 bits per heavy atom. The maximum atomic E-state index is 10.2. The van der Waals surface area contributed by atoms with Gasteiger partial charge >= 0.3 is 0 Å². The highest BCUT2D eigenvalue weighted by Gasteiger charge is 2.35. The van der Waals surface area contributed by atoms with Crippen LogP contribution >= 0.6 is 0 Å². The molecule has 1 aliphatic rings. The minimum atomic E-state index is 1.06. The van der Waals surface area contributed by atoms with Crippen LogP contribution in [-0.4, -0.2) is 10.4 Å². The predicted molar refractivity (Wildman–Crippen MR) is 264 cm³/mol. The Kier molecular flexibility index (Phi) is 27.3. The van der Waals surface area contributed by atoms with Crippen LogP contribution in [0.15, 0.2) is 65.8 Å². The number of allylic oxidation sites excluding steroid dienone is 5. The molecular formula is C57H92N2. The molecule has 0 aliphatic carbocycles. The van der Waals surface area contributed by atoms with E-state index >= 15 is 0 Å². The van der Waals surface area contributed by atoms with E-state index < -0.39 is 0 Å². The molecule has 0 bridgehead atoms. The van der Waals surface area contributed by atoms with Crippen LogP contribution in [0.3, 0.4) is 0 Å². The smallest absolute Gasteiger partial charge is 0.216 e. The zero-order chi connectivity index (χ0) is 42.3. The zero-order valence-electron chi connectivity index (χ0n) is 39.8. The number of aryl methyl sites for hydroxylation is 4. The minimum absolute atomic E-state index is 1.06. The molecule has 59 heavy (non-hydrogen) atoms. The maximum Gasteiger partial charge on any atom is 0.216 e. The van der Waals surface area contributed by atoms with Gasteiger partial charge in [0.05, 0.1) is 11.1 Å². The van der Waals surface area contributed by atoms with Gasteiger partial charge in [0.2, 0.25) is 11.4 Å². The number of benzene rings is 2. The Labute approximate surface area is 366 Å². The number of nitrogens with zero attached hydrogens (tertiary/aromatic N) is 1. The molecule has 2 heteroatoms. The molecule has 0 atom stereocenters. The minimum Gasteiger partial charge on any atom is -0.448 e. The quantitative estimate of drug-likeness (QED) is 0.0490. The topological polar surface area (TPSA) is 26.8 Å². The second kappa shape index (κ2) is 31.9. The number of nitrogens with one attached hydrogen (secondary N) is 1. The van der Waals surface area contributed by atoms with Crippen molar-refractivity contribution in [2.24, 2.45) is 0 Å². The summed E-state index contributed by atoms with van der Waals surface area (Å²) in [6, 6.07) is 14.8. The molecule has 0 unspecified atom stereocenters. The third kappa shape index (κ3) is 19.2. The fourth-order valence-electron chi connectivity index (χ4n) is 9.01. The molecule has 0 radical (unpaired) electrons. The molecule has 1 aliphatic heterocycles. The molecular weight excluding hydrogens is 713 g/mol. The number of hydrogen-bond donors (Lipinski definition) is 0. The second-order valence-corrected chi connectivity index (χ2v) is 18.2. The maximum absolute atomic E-state index is 10.2. The first-order valence-electron chi connectivity index (χ1n) is 25.8. The van der Waals surface area contributed by atoms with E-state index in [2.05, 4.69) is 96.2 Å².